The number of nitrogens with zero attached hydrogens (tertiary/aromatic N) is 5. The third kappa shape index (κ3) is 8.25. The number of likely N-dealkylation sites (N-methyl/N-ethyl adjacent to an activating group) is 1. The summed E-state index contributed by atoms with van der Waals surface area (Å²) in [6, 6.07) is 24.5. The van der Waals surface area contributed by atoms with Crippen molar-refractivity contribution in [1.82, 2.24) is 24.7 Å². The first-order chi connectivity index (χ1) is 22.1. The first kappa shape index (κ1) is 32.6. The van der Waals surface area contributed by atoms with Crippen molar-refractivity contribution in [3.8, 4) is 11.3 Å². The molecule has 0 bridgehead atoms. The molecular weight excluding hydrogens is 591 g/mol. The van der Waals surface area contributed by atoms with E-state index < -0.39 is 23.8 Å². The summed E-state index contributed by atoms with van der Waals surface area (Å²) < 4.78 is 39.1. The summed E-state index contributed by atoms with van der Waals surface area (Å²) in [7, 11) is 3.98. The van der Waals surface area contributed by atoms with Crippen molar-refractivity contribution in [2.24, 2.45) is 0 Å². The fraction of sp³-hybridized carbons (Fsp3) is 0.278. The van der Waals surface area contributed by atoms with Crippen LogP contribution in [-0.4, -0.2) is 75.8 Å². The average molecular weight is 628 g/mol. The topological polar surface area (TPSA) is 69.6 Å². The highest BCUT2D eigenvalue weighted by Gasteiger charge is 2.36. The van der Waals surface area contributed by atoms with Crippen molar-refractivity contribution in [1.29, 1.82) is 0 Å². The third-order valence-electron chi connectivity index (χ3n) is 8.18. The van der Waals surface area contributed by atoms with Crippen molar-refractivity contribution < 1.29 is 22.8 Å². The number of pyridine rings is 2. The number of halogens is 3. The highest BCUT2D eigenvalue weighted by molar-refractivity contribution is 5.95. The molecule has 3 heterocycles. The van der Waals surface area contributed by atoms with Crippen molar-refractivity contribution in [2.75, 3.05) is 27.2 Å². The summed E-state index contributed by atoms with van der Waals surface area (Å²) in [4.78, 5) is 41.7. The number of rotatable bonds is 10. The van der Waals surface area contributed by atoms with E-state index >= 15 is 0 Å². The van der Waals surface area contributed by atoms with Gasteiger partial charge in [0, 0.05) is 56.1 Å². The summed E-state index contributed by atoms with van der Waals surface area (Å²) in [5, 5.41) is 0. The smallest absolute Gasteiger partial charge is 0.339 e. The minimum atomic E-state index is -4.56. The number of hydrogen-bond acceptors (Lipinski definition) is 5. The Hall–Kier alpha value is -4.83. The third-order valence-corrected chi connectivity index (χ3v) is 8.18. The Balaban J connectivity index is 1.47. The van der Waals surface area contributed by atoms with Crippen molar-refractivity contribution in [3.63, 3.8) is 0 Å². The van der Waals surface area contributed by atoms with E-state index in [-0.39, 0.29) is 18.5 Å². The second-order valence-electron chi connectivity index (χ2n) is 11.6. The zero-order valence-electron chi connectivity index (χ0n) is 25.8. The van der Waals surface area contributed by atoms with Gasteiger partial charge in [-0.05, 0) is 61.5 Å². The number of amides is 2. The normalized spacial score (nSPS) is 15.8. The second-order valence-corrected chi connectivity index (χ2v) is 11.6. The zero-order valence-corrected chi connectivity index (χ0v) is 25.8. The molecule has 2 atom stereocenters. The van der Waals surface area contributed by atoms with Gasteiger partial charge in [-0.2, -0.15) is 13.2 Å². The maximum Gasteiger partial charge on any atom is 0.433 e. The highest BCUT2D eigenvalue weighted by atomic mass is 19.4. The van der Waals surface area contributed by atoms with Gasteiger partial charge in [0.15, 0.2) is 0 Å². The second kappa shape index (κ2) is 14.5. The van der Waals surface area contributed by atoms with E-state index in [2.05, 4.69) is 14.9 Å². The van der Waals surface area contributed by atoms with Crippen LogP contribution in [0.2, 0.25) is 0 Å². The van der Waals surface area contributed by atoms with E-state index in [9.17, 15) is 22.8 Å². The minimum Gasteiger partial charge on any atom is -0.339 e. The molecule has 2 amide bonds. The van der Waals surface area contributed by atoms with Crippen molar-refractivity contribution >= 4 is 17.9 Å². The molecule has 0 saturated carbocycles. The summed E-state index contributed by atoms with van der Waals surface area (Å²) in [5.41, 5.74) is 2.78. The lowest BCUT2D eigenvalue weighted by molar-refractivity contribution is -0.143. The minimum absolute atomic E-state index is 0.142. The van der Waals surface area contributed by atoms with Crippen LogP contribution in [0.25, 0.3) is 17.3 Å². The van der Waals surface area contributed by atoms with Crippen LogP contribution in [0.3, 0.4) is 0 Å². The SMILES string of the molecule is CN(C)[C@@H]1CCN(C(=O)[C@H](Cc2ccccc2)N(Cc2ccc(-c3ccccn3)cc2)C(=O)C=Cc2ccc(C(F)(F)F)nc2)C1. The fourth-order valence-electron chi connectivity index (χ4n) is 5.53. The first-order valence-electron chi connectivity index (χ1n) is 15.1. The van der Waals surface area contributed by atoms with Gasteiger partial charge in [-0.1, -0.05) is 66.7 Å². The van der Waals surface area contributed by atoms with Crippen LogP contribution in [0.5, 0.6) is 0 Å². The van der Waals surface area contributed by atoms with Gasteiger partial charge in [-0.25, -0.2) is 0 Å². The molecule has 4 aromatic rings. The summed E-state index contributed by atoms with van der Waals surface area (Å²) in [6.07, 6.45) is 2.09. The Morgan fingerprint density at radius 2 is 1.67 bits per heavy atom. The van der Waals surface area contributed by atoms with Gasteiger partial charge >= 0.3 is 6.18 Å². The molecule has 7 nitrogen and oxygen atoms in total. The number of aromatic nitrogens is 2. The van der Waals surface area contributed by atoms with Gasteiger partial charge in [0.2, 0.25) is 11.8 Å². The number of likely N-dealkylation sites (tertiary alicyclic amines) is 1. The van der Waals surface area contributed by atoms with E-state index in [4.69, 9.17) is 0 Å². The van der Waals surface area contributed by atoms with E-state index in [1.54, 1.807) is 11.1 Å². The van der Waals surface area contributed by atoms with E-state index in [1.807, 2.05) is 91.8 Å². The Labute approximate surface area is 267 Å². The van der Waals surface area contributed by atoms with Crippen LogP contribution in [0.1, 0.15) is 28.8 Å². The van der Waals surface area contributed by atoms with Gasteiger partial charge in [0.1, 0.15) is 11.7 Å². The lowest BCUT2D eigenvalue weighted by Gasteiger charge is -2.33. The molecule has 46 heavy (non-hydrogen) atoms. The number of benzene rings is 2. The van der Waals surface area contributed by atoms with Gasteiger partial charge in [-0.3, -0.25) is 19.6 Å². The Morgan fingerprint density at radius 3 is 2.28 bits per heavy atom. The van der Waals surface area contributed by atoms with Crippen molar-refractivity contribution in [3.05, 3.63) is 126 Å². The molecule has 238 valence electrons. The Morgan fingerprint density at radius 1 is 0.935 bits per heavy atom. The molecule has 0 N–H and O–H groups in total. The van der Waals surface area contributed by atoms with E-state index in [0.29, 0.717) is 25.1 Å². The van der Waals surface area contributed by atoms with Crippen molar-refractivity contribution in [2.45, 2.75) is 37.6 Å². The van der Waals surface area contributed by atoms with E-state index in [1.165, 1.54) is 18.2 Å². The number of hydrogen-bond donors (Lipinski definition) is 0. The first-order valence-corrected chi connectivity index (χ1v) is 15.1. The van der Waals surface area contributed by atoms with Gasteiger partial charge in [0.25, 0.3) is 0 Å². The zero-order chi connectivity index (χ0) is 32.7. The molecule has 0 unspecified atom stereocenters. The number of carbonyl (C=O) groups is 2. The van der Waals surface area contributed by atoms with Crippen LogP contribution < -0.4 is 0 Å². The van der Waals surface area contributed by atoms with Crippen LogP contribution in [0.15, 0.2) is 103 Å². The van der Waals surface area contributed by atoms with Crippen LogP contribution in [0.4, 0.5) is 13.2 Å². The summed E-state index contributed by atoms with van der Waals surface area (Å²) >= 11 is 0. The molecule has 1 saturated heterocycles. The lowest BCUT2D eigenvalue weighted by Crippen LogP contribution is -2.51. The maximum absolute atomic E-state index is 14.3. The predicted octanol–water partition coefficient (Wildman–Crippen LogP) is 5.98. The number of alkyl halides is 3. The molecule has 0 radical (unpaired) electrons. The van der Waals surface area contributed by atoms with Gasteiger partial charge < -0.3 is 14.7 Å². The molecule has 2 aromatic carbocycles. The maximum atomic E-state index is 14.3. The lowest BCUT2D eigenvalue weighted by atomic mass is 10.0. The van der Waals surface area contributed by atoms with E-state index in [0.717, 1.165) is 41.1 Å². The van der Waals surface area contributed by atoms with Crippen LogP contribution in [0, 0.1) is 0 Å². The molecule has 10 heteroatoms. The van der Waals surface area contributed by atoms with Gasteiger partial charge in [0.05, 0.1) is 5.69 Å². The summed E-state index contributed by atoms with van der Waals surface area (Å²) in [6.45, 7) is 1.29. The molecule has 1 aliphatic heterocycles. The Bertz CT molecular complexity index is 1630. The Kier molecular flexibility index (Phi) is 10.3. The molecule has 2 aromatic heterocycles. The predicted molar refractivity (Wildman–Crippen MR) is 171 cm³/mol. The van der Waals surface area contributed by atoms with Crippen LogP contribution in [-0.2, 0) is 28.7 Å². The number of carbonyl (C=O) groups excluding carboxylic acids is 2. The summed E-state index contributed by atoms with van der Waals surface area (Å²) in [5.74, 6) is -0.581. The van der Waals surface area contributed by atoms with Gasteiger partial charge in [-0.15, -0.1) is 0 Å². The fourth-order valence-corrected chi connectivity index (χ4v) is 5.53. The van der Waals surface area contributed by atoms with Crippen LogP contribution >= 0.6 is 0 Å². The largest absolute Gasteiger partial charge is 0.433 e. The standard InChI is InChI=1S/C36H36F3N5O2/c1-42(2)30-19-21-43(25-30)35(46)32(22-26-8-4-3-5-9-26)44(24-28-11-15-29(16-12-28)31-10-6-7-20-40-31)34(45)18-14-27-13-17-33(41-23-27)36(37,38)39/h3-18,20,23,30,32H,19,21-22,24-25H2,1-2H3/t30-,32+/m1/s1. The quantitative estimate of drug-likeness (QED) is 0.203. The molecule has 1 fully saturated rings. The molecular formula is C36H36F3N5O2. The molecule has 0 aliphatic carbocycles. The molecule has 1 aliphatic rings. The highest BCUT2D eigenvalue weighted by Crippen LogP contribution is 2.27. The molecule has 0 spiro atoms. The monoisotopic (exact) mass is 627 g/mol. The average Bonchev–Trinajstić information content (AvgIpc) is 3.57. The molecule has 5 rings (SSSR count).